The van der Waals surface area contributed by atoms with Gasteiger partial charge in [-0.05, 0) is 12.1 Å². The van der Waals surface area contributed by atoms with E-state index in [1.807, 2.05) is 18.2 Å². The fourth-order valence-electron chi connectivity index (χ4n) is 0.442. The number of pyridine rings is 1. The summed E-state index contributed by atoms with van der Waals surface area (Å²) in [5.41, 5.74) is 0. The van der Waals surface area contributed by atoms with Crippen LogP contribution in [-0.4, -0.2) is 25.6 Å². The van der Waals surface area contributed by atoms with Crippen molar-refractivity contribution in [3.05, 3.63) is 36.9 Å². The van der Waals surface area contributed by atoms with Gasteiger partial charge in [0.15, 0.2) is 6.33 Å². The minimum atomic E-state index is 0. The van der Waals surface area contributed by atoms with Crippen molar-refractivity contribution in [2.75, 3.05) is 0 Å². The molecule has 0 aliphatic carbocycles. The van der Waals surface area contributed by atoms with Gasteiger partial charge in [0, 0.05) is 29.5 Å². The maximum atomic E-state index is 3.78. The summed E-state index contributed by atoms with van der Waals surface area (Å²) < 4.78 is 0. The van der Waals surface area contributed by atoms with Crippen molar-refractivity contribution in [1.82, 2.24) is 25.6 Å². The van der Waals surface area contributed by atoms with Gasteiger partial charge in [0.2, 0.25) is 0 Å². The van der Waals surface area contributed by atoms with Crippen molar-refractivity contribution in [3.63, 3.8) is 0 Å². The quantitative estimate of drug-likeness (QED) is 0.637. The fraction of sp³-hybridized carbons (Fsp3) is 0. The molecule has 0 spiro atoms. The molecule has 0 fully saturated rings. The maximum absolute atomic E-state index is 3.78. The van der Waals surface area contributed by atoms with E-state index < -0.39 is 0 Å². The molecule has 1 radical (unpaired) electrons. The Bertz CT molecular complexity index is 202. The summed E-state index contributed by atoms with van der Waals surface area (Å²) in [6, 6.07) is 5.72. The van der Waals surface area contributed by atoms with Crippen molar-refractivity contribution in [3.8, 4) is 0 Å². The minimum absolute atomic E-state index is 0. The van der Waals surface area contributed by atoms with Gasteiger partial charge in [0.1, 0.15) is 0 Å². The summed E-state index contributed by atoms with van der Waals surface area (Å²) in [7, 11) is 0. The van der Waals surface area contributed by atoms with Crippen molar-refractivity contribution >= 4 is 0 Å². The first-order chi connectivity index (χ1) is 5.50. The number of tetrazole rings is 1. The van der Waals surface area contributed by atoms with E-state index in [2.05, 4.69) is 25.6 Å². The van der Waals surface area contributed by atoms with Gasteiger partial charge in [-0.2, -0.15) is 5.21 Å². The number of nitrogens with zero attached hydrogens (tertiary/aromatic N) is 4. The molecule has 2 aromatic heterocycles. The number of hydrogen-bond acceptors (Lipinski definition) is 4. The summed E-state index contributed by atoms with van der Waals surface area (Å²) in [6.45, 7) is 0. The number of aromatic nitrogens is 5. The topological polar surface area (TPSA) is 67.3 Å². The van der Waals surface area contributed by atoms with Crippen LogP contribution in [0.15, 0.2) is 36.9 Å². The average molecular weight is 213 g/mol. The van der Waals surface area contributed by atoms with Crippen LogP contribution in [0.2, 0.25) is 0 Å². The Hall–Kier alpha value is -1.26. The molecule has 0 aliphatic rings. The Labute approximate surface area is 80.1 Å². The van der Waals surface area contributed by atoms with Gasteiger partial charge in [-0.3, -0.25) is 4.98 Å². The normalized spacial score (nSPS) is 7.33. The van der Waals surface area contributed by atoms with Gasteiger partial charge >= 0.3 is 0 Å². The van der Waals surface area contributed by atoms with Gasteiger partial charge < -0.3 is 0 Å². The minimum Gasteiger partial charge on any atom is -0.265 e. The molecule has 2 rings (SSSR count). The third-order valence-electron chi connectivity index (χ3n) is 0.836. The van der Waals surface area contributed by atoms with Crippen LogP contribution < -0.4 is 0 Å². The summed E-state index contributed by atoms with van der Waals surface area (Å²) in [4.78, 5) is 3.78. The molecule has 2 aromatic rings. The first-order valence-corrected chi connectivity index (χ1v) is 3.01. The van der Waals surface area contributed by atoms with E-state index >= 15 is 0 Å². The van der Waals surface area contributed by atoms with E-state index in [1.54, 1.807) is 12.4 Å². The number of H-pyrrole nitrogens is 1. The van der Waals surface area contributed by atoms with Crippen molar-refractivity contribution in [2.45, 2.75) is 0 Å². The summed E-state index contributed by atoms with van der Waals surface area (Å²) >= 11 is 0. The number of nitrogens with one attached hydrogen (secondary N) is 1. The average Bonchev–Trinajstić information content (AvgIpc) is 2.64. The van der Waals surface area contributed by atoms with Crippen LogP contribution in [0.3, 0.4) is 0 Å². The molecule has 0 aromatic carbocycles. The Morgan fingerprint density at radius 2 is 1.75 bits per heavy atom. The molecule has 6 heteroatoms. The summed E-state index contributed by atoms with van der Waals surface area (Å²) in [6.07, 6.45) is 4.83. The van der Waals surface area contributed by atoms with Crippen LogP contribution in [-0.2, 0) is 17.1 Å². The van der Waals surface area contributed by atoms with Crippen LogP contribution in [0.5, 0.6) is 0 Å². The zero-order valence-electron chi connectivity index (χ0n) is 6.05. The molecule has 0 amide bonds. The maximum Gasteiger partial charge on any atom is 0.161 e. The largest absolute Gasteiger partial charge is 0.265 e. The van der Waals surface area contributed by atoms with Crippen LogP contribution in [0.25, 0.3) is 0 Å². The van der Waals surface area contributed by atoms with E-state index in [0.29, 0.717) is 0 Å². The van der Waals surface area contributed by atoms with Crippen molar-refractivity contribution < 1.29 is 17.1 Å². The van der Waals surface area contributed by atoms with Crippen molar-refractivity contribution in [2.24, 2.45) is 0 Å². The zero-order valence-corrected chi connectivity index (χ0v) is 7.00. The molecular formula is C6H7CuN5. The third-order valence-corrected chi connectivity index (χ3v) is 0.836. The Morgan fingerprint density at radius 1 is 1.00 bits per heavy atom. The molecular weight excluding hydrogens is 206 g/mol. The Kier molecular flexibility index (Phi) is 7.02. The van der Waals surface area contributed by atoms with Crippen LogP contribution in [0, 0.1) is 0 Å². The van der Waals surface area contributed by atoms with Gasteiger partial charge in [-0.25, -0.2) is 0 Å². The molecule has 0 saturated heterocycles. The second-order valence-electron chi connectivity index (χ2n) is 1.58. The predicted molar refractivity (Wildman–Crippen MR) is 38.4 cm³/mol. The Balaban J connectivity index is 0.000000189. The molecule has 2 heterocycles. The molecule has 0 bridgehead atoms. The van der Waals surface area contributed by atoms with E-state index in [1.165, 1.54) is 6.33 Å². The second-order valence-corrected chi connectivity index (χ2v) is 1.58. The molecule has 12 heavy (non-hydrogen) atoms. The van der Waals surface area contributed by atoms with Gasteiger partial charge in [0.05, 0.1) is 0 Å². The van der Waals surface area contributed by atoms with Gasteiger partial charge in [0.25, 0.3) is 0 Å². The second kappa shape index (κ2) is 7.84. The fourth-order valence-corrected chi connectivity index (χ4v) is 0.442. The standard InChI is InChI=1S/C5H5N.CH2N4.Cu/c1-2-4-6-5-3-1;1-2-4-5-3-1;/h1-5H;1H,(H,2,3,4,5);. The van der Waals surface area contributed by atoms with Crippen LogP contribution in [0.1, 0.15) is 0 Å². The molecule has 5 nitrogen and oxygen atoms in total. The molecule has 1 N–H and O–H groups in total. The number of rotatable bonds is 0. The van der Waals surface area contributed by atoms with E-state index in [0.717, 1.165) is 0 Å². The third kappa shape index (κ3) is 5.52. The monoisotopic (exact) mass is 212 g/mol. The molecule has 67 valence electrons. The van der Waals surface area contributed by atoms with Gasteiger partial charge in [-0.15, -0.1) is 10.2 Å². The summed E-state index contributed by atoms with van der Waals surface area (Å²) in [5, 5.41) is 12.2. The van der Waals surface area contributed by atoms with Crippen molar-refractivity contribution in [1.29, 1.82) is 0 Å². The number of hydrogen-bond donors (Lipinski definition) is 1. The SMILES string of the molecule is [Cu].c1ccncc1.c1nn[nH]n1. The van der Waals surface area contributed by atoms with Crippen LogP contribution in [0.4, 0.5) is 0 Å². The zero-order chi connectivity index (χ0) is 7.78. The van der Waals surface area contributed by atoms with E-state index in [-0.39, 0.29) is 17.1 Å². The summed E-state index contributed by atoms with van der Waals surface area (Å²) in [5.74, 6) is 0. The van der Waals surface area contributed by atoms with Crippen LogP contribution >= 0.6 is 0 Å². The molecule has 0 atom stereocenters. The Morgan fingerprint density at radius 3 is 1.92 bits per heavy atom. The first kappa shape index (κ1) is 10.7. The van der Waals surface area contributed by atoms with E-state index in [4.69, 9.17) is 0 Å². The number of aromatic amines is 1. The van der Waals surface area contributed by atoms with E-state index in [9.17, 15) is 0 Å². The van der Waals surface area contributed by atoms with Gasteiger partial charge in [-0.1, -0.05) is 11.3 Å². The molecule has 0 saturated carbocycles. The first-order valence-electron chi connectivity index (χ1n) is 3.01. The molecule has 0 unspecified atom stereocenters. The smallest absolute Gasteiger partial charge is 0.161 e. The predicted octanol–water partition coefficient (Wildman–Crippen LogP) is 0.279. The molecule has 0 aliphatic heterocycles.